The van der Waals surface area contributed by atoms with Crippen LogP contribution >= 0.6 is 0 Å². The van der Waals surface area contributed by atoms with Crippen molar-refractivity contribution in [2.45, 2.75) is 19.9 Å². The van der Waals surface area contributed by atoms with E-state index in [9.17, 15) is 9.59 Å². The lowest BCUT2D eigenvalue weighted by molar-refractivity contribution is -0.148. The molecule has 0 saturated carbocycles. The smallest absolute Gasteiger partial charge is 0.325 e. The molecule has 1 rings (SSSR count). The molecule has 6 nitrogen and oxygen atoms in total. The fourth-order valence-electron chi connectivity index (χ4n) is 1.57. The summed E-state index contributed by atoms with van der Waals surface area (Å²) in [5.41, 5.74) is 0. The van der Waals surface area contributed by atoms with Gasteiger partial charge >= 0.3 is 5.97 Å². The van der Waals surface area contributed by atoms with Crippen molar-refractivity contribution in [3.8, 4) is 0 Å². The average Bonchev–Trinajstić information content (AvgIpc) is 2.89. The van der Waals surface area contributed by atoms with E-state index >= 15 is 0 Å². The molecule has 1 aromatic rings. The predicted molar refractivity (Wildman–Crippen MR) is 70.3 cm³/mol. The van der Waals surface area contributed by atoms with Gasteiger partial charge in [-0.15, -0.1) is 6.58 Å². The summed E-state index contributed by atoms with van der Waals surface area (Å²) in [6.45, 7) is 6.40. The van der Waals surface area contributed by atoms with Gasteiger partial charge in [0.2, 0.25) is 5.91 Å². The zero-order valence-corrected chi connectivity index (χ0v) is 11.1. The second-order valence-electron chi connectivity index (χ2n) is 3.89. The lowest BCUT2D eigenvalue weighted by atomic mass is 10.3. The Hall–Kier alpha value is -2.11. The second-order valence-corrected chi connectivity index (χ2v) is 3.89. The van der Waals surface area contributed by atoms with Crippen LogP contribution in [-0.2, 0) is 20.9 Å². The van der Waals surface area contributed by atoms with Gasteiger partial charge in [-0.2, -0.15) is 5.10 Å². The van der Waals surface area contributed by atoms with E-state index in [0.717, 1.165) is 0 Å². The molecule has 1 aromatic heterocycles. The molecule has 104 valence electrons. The Morgan fingerprint density at radius 3 is 2.89 bits per heavy atom. The molecule has 0 spiro atoms. The molecule has 0 atom stereocenters. The Labute approximate surface area is 112 Å². The summed E-state index contributed by atoms with van der Waals surface area (Å²) in [4.78, 5) is 24.8. The van der Waals surface area contributed by atoms with Crippen molar-refractivity contribution in [2.24, 2.45) is 0 Å². The van der Waals surface area contributed by atoms with Gasteiger partial charge in [0.25, 0.3) is 0 Å². The Morgan fingerprint density at radius 2 is 2.32 bits per heavy atom. The van der Waals surface area contributed by atoms with Gasteiger partial charge in [0.1, 0.15) is 6.54 Å². The number of ether oxygens (including phenoxy) is 1. The monoisotopic (exact) mass is 265 g/mol. The number of nitrogens with zero attached hydrogens (tertiary/aromatic N) is 3. The Morgan fingerprint density at radius 1 is 1.53 bits per heavy atom. The first-order valence-corrected chi connectivity index (χ1v) is 6.19. The molecule has 0 N–H and O–H groups in total. The van der Waals surface area contributed by atoms with E-state index in [1.54, 1.807) is 36.1 Å². The summed E-state index contributed by atoms with van der Waals surface area (Å²) in [6.07, 6.45) is 5.32. The van der Waals surface area contributed by atoms with Crippen LogP contribution < -0.4 is 0 Å². The van der Waals surface area contributed by atoms with Crippen molar-refractivity contribution in [3.05, 3.63) is 31.1 Å². The van der Waals surface area contributed by atoms with Gasteiger partial charge in [-0.25, -0.2) is 0 Å². The predicted octanol–water partition coefficient (Wildman–Crippen LogP) is 0.851. The third kappa shape index (κ3) is 5.37. The van der Waals surface area contributed by atoms with Crippen LogP contribution in [0.5, 0.6) is 0 Å². The van der Waals surface area contributed by atoms with Crippen molar-refractivity contribution in [1.82, 2.24) is 14.7 Å². The van der Waals surface area contributed by atoms with Gasteiger partial charge in [0.15, 0.2) is 0 Å². The largest absolute Gasteiger partial charge is 0.465 e. The van der Waals surface area contributed by atoms with E-state index in [4.69, 9.17) is 4.74 Å². The lowest BCUT2D eigenvalue weighted by Gasteiger charge is -2.20. The first kappa shape index (κ1) is 14.9. The summed E-state index contributed by atoms with van der Waals surface area (Å²) < 4.78 is 6.51. The lowest BCUT2D eigenvalue weighted by Crippen LogP contribution is -2.37. The van der Waals surface area contributed by atoms with Crippen molar-refractivity contribution in [2.75, 3.05) is 19.7 Å². The minimum atomic E-state index is -0.406. The van der Waals surface area contributed by atoms with E-state index < -0.39 is 5.97 Å². The highest BCUT2D eigenvalue weighted by Gasteiger charge is 2.16. The van der Waals surface area contributed by atoms with E-state index in [2.05, 4.69) is 11.7 Å². The third-order valence-corrected chi connectivity index (χ3v) is 2.44. The summed E-state index contributed by atoms with van der Waals surface area (Å²) in [7, 11) is 0. The molecule has 6 heteroatoms. The Kier molecular flexibility index (Phi) is 6.35. The van der Waals surface area contributed by atoms with Gasteiger partial charge in [0, 0.05) is 31.9 Å². The van der Waals surface area contributed by atoms with Gasteiger partial charge in [0.05, 0.1) is 6.61 Å². The number of esters is 1. The molecule has 0 fully saturated rings. The number of amides is 1. The van der Waals surface area contributed by atoms with Crippen LogP contribution in [0.4, 0.5) is 0 Å². The maximum Gasteiger partial charge on any atom is 0.325 e. The Balaban J connectivity index is 2.47. The summed E-state index contributed by atoms with van der Waals surface area (Å²) in [5.74, 6) is -0.528. The summed E-state index contributed by atoms with van der Waals surface area (Å²) in [6, 6.07) is 1.80. The van der Waals surface area contributed by atoms with Crippen LogP contribution in [0.1, 0.15) is 13.3 Å². The molecule has 1 heterocycles. The van der Waals surface area contributed by atoms with E-state index in [-0.39, 0.29) is 18.9 Å². The number of aromatic nitrogens is 2. The SMILES string of the molecule is C=CCN(CC(=O)OCC)C(=O)CCn1cccn1. The highest BCUT2D eigenvalue weighted by Crippen LogP contribution is 1.99. The molecule has 0 bridgehead atoms. The fraction of sp³-hybridized carbons (Fsp3) is 0.462. The van der Waals surface area contributed by atoms with E-state index in [1.165, 1.54) is 4.90 Å². The van der Waals surface area contributed by atoms with Crippen LogP contribution in [0.15, 0.2) is 31.1 Å². The molecule has 0 aliphatic heterocycles. The second kappa shape index (κ2) is 8.07. The molecule has 0 aromatic carbocycles. The van der Waals surface area contributed by atoms with Gasteiger partial charge in [-0.1, -0.05) is 6.08 Å². The van der Waals surface area contributed by atoms with Crippen molar-refractivity contribution in [1.29, 1.82) is 0 Å². The van der Waals surface area contributed by atoms with Crippen molar-refractivity contribution in [3.63, 3.8) is 0 Å². The fourth-order valence-corrected chi connectivity index (χ4v) is 1.57. The van der Waals surface area contributed by atoms with E-state index in [0.29, 0.717) is 19.7 Å². The number of hydrogen-bond acceptors (Lipinski definition) is 4. The minimum absolute atomic E-state index is 0.0438. The molecule has 1 amide bonds. The summed E-state index contributed by atoms with van der Waals surface area (Å²) in [5, 5.41) is 4.02. The maximum atomic E-state index is 12.0. The normalized spacial score (nSPS) is 9.95. The number of hydrogen-bond donors (Lipinski definition) is 0. The summed E-state index contributed by atoms with van der Waals surface area (Å²) >= 11 is 0. The minimum Gasteiger partial charge on any atom is -0.465 e. The number of aryl methyl sites for hydroxylation is 1. The molecule has 0 aliphatic carbocycles. The number of carbonyl (C=O) groups excluding carboxylic acids is 2. The van der Waals surface area contributed by atoms with Crippen LogP contribution in [0.25, 0.3) is 0 Å². The van der Waals surface area contributed by atoms with Crippen LogP contribution in [0.3, 0.4) is 0 Å². The van der Waals surface area contributed by atoms with Crippen LogP contribution in [0, 0.1) is 0 Å². The number of carbonyl (C=O) groups is 2. The van der Waals surface area contributed by atoms with Crippen LogP contribution in [0.2, 0.25) is 0 Å². The zero-order valence-electron chi connectivity index (χ0n) is 11.1. The topological polar surface area (TPSA) is 64.4 Å². The Bertz CT molecular complexity index is 415. The van der Waals surface area contributed by atoms with E-state index in [1.807, 2.05) is 0 Å². The third-order valence-electron chi connectivity index (χ3n) is 2.44. The standard InChI is InChI=1S/C13H19N3O3/c1-3-8-15(11-13(18)19-4-2)12(17)6-10-16-9-5-7-14-16/h3,5,7,9H,1,4,6,8,10-11H2,2H3. The molecule has 0 unspecified atom stereocenters. The molecule has 19 heavy (non-hydrogen) atoms. The highest BCUT2D eigenvalue weighted by atomic mass is 16.5. The quantitative estimate of drug-likeness (QED) is 0.516. The highest BCUT2D eigenvalue weighted by molar-refractivity contribution is 5.82. The molecular formula is C13H19N3O3. The van der Waals surface area contributed by atoms with Crippen molar-refractivity contribution < 1.29 is 14.3 Å². The van der Waals surface area contributed by atoms with Crippen LogP contribution in [-0.4, -0.2) is 46.3 Å². The molecule has 0 saturated heterocycles. The van der Waals surface area contributed by atoms with Crippen molar-refractivity contribution >= 4 is 11.9 Å². The maximum absolute atomic E-state index is 12.0. The zero-order chi connectivity index (χ0) is 14.1. The van der Waals surface area contributed by atoms with Gasteiger partial charge < -0.3 is 9.64 Å². The van der Waals surface area contributed by atoms with Gasteiger partial charge in [-0.3, -0.25) is 14.3 Å². The first-order valence-electron chi connectivity index (χ1n) is 6.19. The van der Waals surface area contributed by atoms with Gasteiger partial charge in [-0.05, 0) is 13.0 Å². The first-order chi connectivity index (χ1) is 9.17. The average molecular weight is 265 g/mol. The number of rotatable bonds is 8. The molecular weight excluding hydrogens is 246 g/mol. The molecule has 0 radical (unpaired) electrons. The molecule has 0 aliphatic rings.